The number of rotatable bonds is 9. The molecule has 0 saturated carbocycles. The van der Waals surface area contributed by atoms with E-state index in [1.165, 1.54) is 12.8 Å². The zero-order chi connectivity index (χ0) is 19.8. The van der Waals surface area contributed by atoms with E-state index in [9.17, 15) is 4.79 Å². The zero-order valence-electron chi connectivity index (χ0n) is 16.5. The number of unbranched alkanes of at least 4 members (excludes halogenated alkanes) is 1. The second kappa shape index (κ2) is 10.5. The highest BCUT2D eigenvalue weighted by atomic mass is 35.5. The number of likely N-dealkylation sites (tertiary alicyclic amines) is 1. The Morgan fingerprint density at radius 1 is 1.14 bits per heavy atom. The SMILES string of the molecule is CCCCOc1ccccc1C(=O)NCC(c1ccccc1Cl)N1CCCC1. The Kier molecular flexibility index (Phi) is 7.75. The third-order valence-electron chi connectivity index (χ3n) is 5.19. The predicted octanol–water partition coefficient (Wildman–Crippen LogP) is 5.09. The number of halogens is 1. The van der Waals surface area contributed by atoms with Crippen LogP contribution in [-0.4, -0.2) is 37.0 Å². The molecule has 3 rings (SSSR count). The maximum absolute atomic E-state index is 12.9. The lowest BCUT2D eigenvalue weighted by molar-refractivity contribution is 0.0933. The van der Waals surface area contributed by atoms with Crippen LogP contribution in [0.4, 0.5) is 0 Å². The molecule has 0 aromatic heterocycles. The molecule has 1 amide bonds. The molecule has 1 fully saturated rings. The Hall–Kier alpha value is -2.04. The largest absolute Gasteiger partial charge is 0.493 e. The monoisotopic (exact) mass is 400 g/mol. The number of carbonyl (C=O) groups is 1. The van der Waals surface area contributed by atoms with Gasteiger partial charge in [0.05, 0.1) is 18.2 Å². The third kappa shape index (κ3) is 5.27. The molecule has 2 aromatic carbocycles. The van der Waals surface area contributed by atoms with Gasteiger partial charge in [0, 0.05) is 11.6 Å². The van der Waals surface area contributed by atoms with Gasteiger partial charge >= 0.3 is 0 Å². The summed E-state index contributed by atoms with van der Waals surface area (Å²) in [5.41, 5.74) is 1.65. The number of para-hydroxylation sites is 1. The average Bonchev–Trinajstić information content (AvgIpc) is 3.24. The number of hydrogen-bond acceptors (Lipinski definition) is 3. The van der Waals surface area contributed by atoms with E-state index in [1.807, 2.05) is 42.5 Å². The molecular weight excluding hydrogens is 372 g/mol. The fourth-order valence-electron chi connectivity index (χ4n) is 3.63. The van der Waals surface area contributed by atoms with Crippen molar-refractivity contribution in [3.05, 3.63) is 64.7 Å². The number of hydrogen-bond donors (Lipinski definition) is 1. The highest BCUT2D eigenvalue weighted by Gasteiger charge is 2.26. The molecule has 0 aliphatic carbocycles. The van der Waals surface area contributed by atoms with Crippen LogP contribution in [0.3, 0.4) is 0 Å². The Balaban J connectivity index is 1.71. The minimum Gasteiger partial charge on any atom is -0.493 e. The van der Waals surface area contributed by atoms with Crippen LogP contribution < -0.4 is 10.1 Å². The van der Waals surface area contributed by atoms with E-state index in [-0.39, 0.29) is 11.9 Å². The molecule has 1 aliphatic rings. The van der Waals surface area contributed by atoms with Crippen molar-refractivity contribution in [3.63, 3.8) is 0 Å². The summed E-state index contributed by atoms with van der Waals surface area (Å²) in [6.07, 6.45) is 4.40. The van der Waals surface area contributed by atoms with Crippen LogP contribution in [0.15, 0.2) is 48.5 Å². The van der Waals surface area contributed by atoms with E-state index < -0.39 is 0 Å². The van der Waals surface area contributed by atoms with Crippen molar-refractivity contribution in [2.45, 2.75) is 38.6 Å². The zero-order valence-corrected chi connectivity index (χ0v) is 17.3. The number of nitrogens with zero attached hydrogens (tertiary/aromatic N) is 1. The Bertz CT molecular complexity index is 775. The van der Waals surface area contributed by atoms with Crippen molar-refractivity contribution >= 4 is 17.5 Å². The number of carbonyl (C=O) groups excluding carboxylic acids is 1. The maximum atomic E-state index is 12.9. The molecule has 28 heavy (non-hydrogen) atoms. The van der Waals surface area contributed by atoms with Crippen LogP contribution in [0, 0.1) is 0 Å². The van der Waals surface area contributed by atoms with Crippen molar-refractivity contribution in [2.75, 3.05) is 26.2 Å². The van der Waals surface area contributed by atoms with Gasteiger partial charge in [-0.25, -0.2) is 0 Å². The van der Waals surface area contributed by atoms with Crippen LogP contribution in [0.1, 0.15) is 54.6 Å². The number of ether oxygens (including phenoxy) is 1. The highest BCUT2D eigenvalue weighted by molar-refractivity contribution is 6.31. The molecule has 1 aliphatic heterocycles. The van der Waals surface area contributed by atoms with E-state index in [2.05, 4.69) is 23.2 Å². The number of amides is 1. The Labute approximate surface area is 172 Å². The maximum Gasteiger partial charge on any atom is 0.255 e. The molecule has 0 bridgehead atoms. The summed E-state index contributed by atoms with van der Waals surface area (Å²) in [5.74, 6) is 0.535. The van der Waals surface area contributed by atoms with Crippen molar-refractivity contribution < 1.29 is 9.53 Å². The van der Waals surface area contributed by atoms with Crippen molar-refractivity contribution in [1.82, 2.24) is 10.2 Å². The van der Waals surface area contributed by atoms with E-state index >= 15 is 0 Å². The van der Waals surface area contributed by atoms with Gasteiger partial charge in [0.15, 0.2) is 0 Å². The summed E-state index contributed by atoms with van der Waals surface area (Å²) < 4.78 is 5.82. The third-order valence-corrected chi connectivity index (χ3v) is 5.53. The lowest BCUT2D eigenvalue weighted by Crippen LogP contribution is -2.37. The van der Waals surface area contributed by atoms with E-state index in [0.29, 0.717) is 24.5 Å². The summed E-state index contributed by atoms with van der Waals surface area (Å²) in [5, 5.41) is 3.86. The molecule has 5 heteroatoms. The van der Waals surface area contributed by atoms with E-state index in [1.54, 1.807) is 0 Å². The minimum absolute atomic E-state index is 0.0772. The molecule has 0 radical (unpaired) electrons. The predicted molar refractivity (Wildman–Crippen MR) is 114 cm³/mol. The van der Waals surface area contributed by atoms with E-state index in [4.69, 9.17) is 16.3 Å². The van der Waals surface area contributed by atoms with Gasteiger partial charge in [-0.2, -0.15) is 0 Å². The van der Waals surface area contributed by atoms with Gasteiger partial charge < -0.3 is 10.1 Å². The number of nitrogens with one attached hydrogen (secondary N) is 1. The first-order valence-electron chi connectivity index (χ1n) is 10.2. The highest BCUT2D eigenvalue weighted by Crippen LogP contribution is 2.30. The second-order valence-corrected chi connectivity index (χ2v) is 7.60. The standard InChI is InChI=1S/C23H29ClN2O2/c1-2-3-16-28-22-13-7-5-11-19(22)23(27)25-17-21(26-14-8-9-15-26)18-10-4-6-12-20(18)24/h4-7,10-13,21H,2-3,8-9,14-17H2,1H3,(H,25,27). The van der Waals surface area contributed by atoms with Crippen molar-refractivity contribution in [1.29, 1.82) is 0 Å². The van der Waals surface area contributed by atoms with Gasteiger partial charge in [0.1, 0.15) is 5.75 Å². The topological polar surface area (TPSA) is 41.6 Å². The smallest absolute Gasteiger partial charge is 0.255 e. The van der Waals surface area contributed by atoms with Gasteiger partial charge in [-0.15, -0.1) is 0 Å². The molecule has 1 saturated heterocycles. The number of benzene rings is 2. The first-order valence-corrected chi connectivity index (χ1v) is 10.6. The molecule has 1 atom stereocenters. The molecule has 1 N–H and O–H groups in total. The summed E-state index contributed by atoms with van der Waals surface area (Å²) in [7, 11) is 0. The summed E-state index contributed by atoms with van der Waals surface area (Å²) >= 11 is 6.47. The van der Waals surface area contributed by atoms with Crippen molar-refractivity contribution in [3.8, 4) is 5.75 Å². The molecule has 0 spiro atoms. The summed E-state index contributed by atoms with van der Waals surface area (Å²) in [4.78, 5) is 15.3. The lowest BCUT2D eigenvalue weighted by atomic mass is 10.0. The normalized spacial score (nSPS) is 15.4. The van der Waals surface area contributed by atoms with Crippen LogP contribution in [0.25, 0.3) is 0 Å². The molecule has 2 aromatic rings. The van der Waals surface area contributed by atoms with Gasteiger partial charge in [0.25, 0.3) is 5.91 Å². The summed E-state index contributed by atoms with van der Waals surface area (Å²) in [6, 6.07) is 15.4. The first kappa shape index (κ1) is 20.7. The minimum atomic E-state index is -0.108. The quantitative estimate of drug-likeness (QED) is 0.596. The van der Waals surface area contributed by atoms with Crippen LogP contribution in [0.2, 0.25) is 5.02 Å². The summed E-state index contributed by atoms with van der Waals surface area (Å²) in [6.45, 7) is 5.32. The molecular formula is C23H29ClN2O2. The molecule has 4 nitrogen and oxygen atoms in total. The Morgan fingerprint density at radius 3 is 2.61 bits per heavy atom. The first-order chi connectivity index (χ1) is 13.7. The van der Waals surface area contributed by atoms with Gasteiger partial charge in [-0.05, 0) is 56.1 Å². The van der Waals surface area contributed by atoms with Crippen molar-refractivity contribution in [2.24, 2.45) is 0 Å². The fraction of sp³-hybridized carbons (Fsp3) is 0.435. The van der Waals surface area contributed by atoms with Crippen LogP contribution >= 0.6 is 11.6 Å². The molecule has 1 heterocycles. The average molecular weight is 401 g/mol. The fourth-order valence-corrected chi connectivity index (χ4v) is 3.89. The van der Waals surface area contributed by atoms with Crippen LogP contribution in [0.5, 0.6) is 5.75 Å². The van der Waals surface area contributed by atoms with Gasteiger partial charge in [-0.1, -0.05) is 55.3 Å². The lowest BCUT2D eigenvalue weighted by Gasteiger charge is -2.29. The van der Waals surface area contributed by atoms with E-state index in [0.717, 1.165) is 36.5 Å². The second-order valence-electron chi connectivity index (χ2n) is 7.19. The molecule has 1 unspecified atom stereocenters. The Morgan fingerprint density at radius 2 is 1.86 bits per heavy atom. The van der Waals surface area contributed by atoms with Gasteiger partial charge in [-0.3, -0.25) is 9.69 Å². The van der Waals surface area contributed by atoms with Gasteiger partial charge in [0.2, 0.25) is 0 Å². The van der Waals surface area contributed by atoms with Crippen LogP contribution in [-0.2, 0) is 0 Å². The molecule has 150 valence electrons.